The molecule has 0 saturated heterocycles. The SMILES string of the molecule is Cc1cc(C(F)F)c2c(C)nn(CC(=O)NC3CC3)c2n1. The topological polar surface area (TPSA) is 59.8 Å². The third kappa shape index (κ3) is 2.72. The van der Waals surface area contributed by atoms with Crippen LogP contribution in [0.15, 0.2) is 6.07 Å². The largest absolute Gasteiger partial charge is 0.352 e. The minimum atomic E-state index is -2.59. The molecule has 0 bridgehead atoms. The number of halogens is 2. The molecule has 7 heteroatoms. The minimum Gasteiger partial charge on any atom is -0.352 e. The summed E-state index contributed by atoms with van der Waals surface area (Å²) in [5.41, 5.74) is 1.21. The Morgan fingerprint density at radius 2 is 2.19 bits per heavy atom. The quantitative estimate of drug-likeness (QED) is 0.941. The molecule has 0 aromatic carbocycles. The average Bonchev–Trinajstić information content (AvgIpc) is 3.14. The smallest absolute Gasteiger partial charge is 0.264 e. The van der Waals surface area contributed by atoms with E-state index >= 15 is 0 Å². The van der Waals surface area contributed by atoms with Gasteiger partial charge in [-0.25, -0.2) is 18.4 Å². The number of rotatable bonds is 4. The maximum atomic E-state index is 13.2. The molecule has 21 heavy (non-hydrogen) atoms. The van der Waals surface area contributed by atoms with E-state index in [0.29, 0.717) is 22.4 Å². The van der Waals surface area contributed by atoms with Crippen molar-refractivity contribution in [2.75, 3.05) is 0 Å². The Bertz CT molecular complexity index is 707. The number of hydrogen-bond acceptors (Lipinski definition) is 3. The minimum absolute atomic E-state index is 0.0000283. The Balaban J connectivity index is 2.01. The Labute approximate surface area is 120 Å². The molecule has 3 rings (SSSR count). The van der Waals surface area contributed by atoms with Crippen LogP contribution in [0.5, 0.6) is 0 Å². The highest BCUT2D eigenvalue weighted by molar-refractivity contribution is 5.84. The first-order valence-corrected chi connectivity index (χ1v) is 6.88. The molecule has 1 aliphatic carbocycles. The zero-order valence-corrected chi connectivity index (χ0v) is 11.9. The molecule has 1 N–H and O–H groups in total. The number of nitrogens with one attached hydrogen (secondary N) is 1. The van der Waals surface area contributed by atoms with Gasteiger partial charge in [0.05, 0.1) is 11.1 Å². The van der Waals surface area contributed by atoms with Gasteiger partial charge >= 0.3 is 0 Å². The maximum Gasteiger partial charge on any atom is 0.264 e. The number of carbonyl (C=O) groups excluding carboxylic acids is 1. The average molecular weight is 294 g/mol. The predicted octanol–water partition coefficient (Wildman–Crippen LogP) is 2.26. The van der Waals surface area contributed by atoms with E-state index in [4.69, 9.17) is 0 Å². The highest BCUT2D eigenvalue weighted by atomic mass is 19.3. The molecular weight excluding hydrogens is 278 g/mol. The van der Waals surface area contributed by atoms with Gasteiger partial charge in [-0.1, -0.05) is 0 Å². The van der Waals surface area contributed by atoms with Gasteiger partial charge in [-0.05, 0) is 32.8 Å². The Morgan fingerprint density at radius 3 is 2.81 bits per heavy atom. The second-order valence-corrected chi connectivity index (χ2v) is 5.44. The summed E-state index contributed by atoms with van der Waals surface area (Å²) in [5, 5.41) is 7.40. The van der Waals surface area contributed by atoms with E-state index in [-0.39, 0.29) is 24.1 Å². The summed E-state index contributed by atoms with van der Waals surface area (Å²) in [5.74, 6) is -0.163. The van der Waals surface area contributed by atoms with E-state index in [1.807, 2.05) is 0 Å². The van der Waals surface area contributed by atoms with Crippen molar-refractivity contribution in [1.29, 1.82) is 0 Å². The molecule has 0 radical (unpaired) electrons. The zero-order valence-electron chi connectivity index (χ0n) is 11.9. The van der Waals surface area contributed by atoms with Crippen LogP contribution in [0.25, 0.3) is 11.0 Å². The van der Waals surface area contributed by atoms with Crippen LogP contribution < -0.4 is 5.32 Å². The van der Waals surface area contributed by atoms with Crippen molar-refractivity contribution in [1.82, 2.24) is 20.1 Å². The molecule has 112 valence electrons. The monoisotopic (exact) mass is 294 g/mol. The van der Waals surface area contributed by atoms with Crippen LogP contribution in [0.1, 0.15) is 36.2 Å². The number of alkyl halides is 2. The fourth-order valence-electron chi connectivity index (χ4n) is 2.44. The van der Waals surface area contributed by atoms with Crippen molar-refractivity contribution in [3.63, 3.8) is 0 Å². The lowest BCUT2D eigenvalue weighted by molar-refractivity contribution is -0.121. The van der Waals surface area contributed by atoms with Crippen molar-refractivity contribution < 1.29 is 13.6 Å². The Morgan fingerprint density at radius 1 is 1.48 bits per heavy atom. The van der Waals surface area contributed by atoms with Gasteiger partial charge in [-0.3, -0.25) is 4.79 Å². The summed E-state index contributed by atoms with van der Waals surface area (Å²) in [6.07, 6.45) is -0.597. The van der Waals surface area contributed by atoms with Gasteiger partial charge < -0.3 is 5.32 Å². The summed E-state index contributed by atoms with van der Waals surface area (Å²) < 4.78 is 27.7. The number of aryl methyl sites for hydroxylation is 2. The fourth-order valence-corrected chi connectivity index (χ4v) is 2.44. The van der Waals surface area contributed by atoms with Gasteiger partial charge in [0, 0.05) is 17.3 Å². The molecule has 0 aliphatic heterocycles. The lowest BCUT2D eigenvalue weighted by atomic mass is 10.1. The van der Waals surface area contributed by atoms with E-state index in [1.165, 1.54) is 10.7 Å². The van der Waals surface area contributed by atoms with Crippen molar-refractivity contribution in [3.8, 4) is 0 Å². The summed E-state index contributed by atoms with van der Waals surface area (Å²) in [6.45, 7) is 3.31. The van der Waals surface area contributed by atoms with E-state index in [9.17, 15) is 13.6 Å². The van der Waals surface area contributed by atoms with Gasteiger partial charge in [-0.15, -0.1) is 0 Å². The summed E-state index contributed by atoms with van der Waals surface area (Å²) in [7, 11) is 0. The van der Waals surface area contributed by atoms with Crippen molar-refractivity contribution in [2.24, 2.45) is 0 Å². The standard InChI is InChI=1S/C14H16F2N4O/c1-7-5-10(13(15)16)12-8(2)19-20(14(12)17-7)6-11(21)18-9-3-4-9/h5,9,13H,3-4,6H2,1-2H3,(H,18,21). The predicted molar refractivity (Wildman–Crippen MR) is 73.1 cm³/mol. The van der Waals surface area contributed by atoms with Crippen LogP contribution in [0, 0.1) is 13.8 Å². The van der Waals surface area contributed by atoms with Crippen LogP contribution in [0.3, 0.4) is 0 Å². The zero-order chi connectivity index (χ0) is 15.1. The lowest BCUT2D eigenvalue weighted by Crippen LogP contribution is -2.29. The number of aromatic nitrogens is 3. The van der Waals surface area contributed by atoms with Crippen LogP contribution in [-0.2, 0) is 11.3 Å². The van der Waals surface area contributed by atoms with Crippen LogP contribution in [0.2, 0.25) is 0 Å². The summed E-state index contributed by atoms with van der Waals surface area (Å²) in [4.78, 5) is 16.1. The van der Waals surface area contributed by atoms with E-state index < -0.39 is 6.43 Å². The number of hydrogen-bond donors (Lipinski definition) is 1. The van der Waals surface area contributed by atoms with Gasteiger partial charge in [0.1, 0.15) is 6.54 Å². The first kappa shape index (κ1) is 13.9. The molecule has 2 aromatic heterocycles. The first-order valence-electron chi connectivity index (χ1n) is 6.88. The second kappa shape index (κ2) is 5.05. The first-order chi connectivity index (χ1) is 9.95. The second-order valence-electron chi connectivity index (χ2n) is 5.44. The van der Waals surface area contributed by atoms with Gasteiger partial charge in [0.2, 0.25) is 5.91 Å². The molecule has 0 unspecified atom stereocenters. The summed E-state index contributed by atoms with van der Waals surface area (Å²) in [6, 6.07) is 1.63. The number of carbonyl (C=O) groups is 1. The van der Waals surface area contributed by atoms with E-state index in [1.54, 1.807) is 13.8 Å². The molecule has 2 heterocycles. The highest BCUT2D eigenvalue weighted by Crippen LogP contribution is 2.29. The highest BCUT2D eigenvalue weighted by Gasteiger charge is 2.25. The third-order valence-corrected chi connectivity index (χ3v) is 3.51. The molecule has 5 nitrogen and oxygen atoms in total. The number of amides is 1. The number of pyridine rings is 1. The van der Waals surface area contributed by atoms with E-state index in [0.717, 1.165) is 12.8 Å². The van der Waals surface area contributed by atoms with Crippen molar-refractivity contribution >= 4 is 16.9 Å². The van der Waals surface area contributed by atoms with Crippen LogP contribution >= 0.6 is 0 Å². The number of fused-ring (bicyclic) bond motifs is 1. The van der Waals surface area contributed by atoms with Crippen LogP contribution in [0.4, 0.5) is 8.78 Å². The molecule has 1 saturated carbocycles. The molecule has 1 aliphatic rings. The maximum absolute atomic E-state index is 13.2. The fraction of sp³-hybridized carbons (Fsp3) is 0.500. The molecular formula is C14H16F2N4O. The van der Waals surface area contributed by atoms with E-state index in [2.05, 4.69) is 15.4 Å². The Hall–Kier alpha value is -2.05. The van der Waals surface area contributed by atoms with Gasteiger partial charge in [-0.2, -0.15) is 5.10 Å². The molecule has 0 atom stereocenters. The Kier molecular flexibility index (Phi) is 3.35. The normalized spacial score (nSPS) is 14.9. The van der Waals surface area contributed by atoms with Gasteiger partial charge in [0.15, 0.2) is 5.65 Å². The van der Waals surface area contributed by atoms with Crippen molar-refractivity contribution in [2.45, 2.75) is 45.7 Å². The van der Waals surface area contributed by atoms with Crippen LogP contribution in [-0.4, -0.2) is 26.7 Å². The third-order valence-electron chi connectivity index (χ3n) is 3.51. The molecule has 1 amide bonds. The lowest BCUT2D eigenvalue weighted by Gasteiger charge is -2.06. The van der Waals surface area contributed by atoms with Crippen molar-refractivity contribution in [3.05, 3.63) is 23.0 Å². The molecule has 2 aromatic rings. The van der Waals surface area contributed by atoms with Gasteiger partial charge in [0.25, 0.3) is 6.43 Å². The summed E-state index contributed by atoms with van der Waals surface area (Å²) >= 11 is 0. The number of nitrogens with zero attached hydrogens (tertiary/aromatic N) is 3. The molecule has 0 spiro atoms. The molecule has 1 fully saturated rings.